The summed E-state index contributed by atoms with van der Waals surface area (Å²) >= 11 is 0. The number of sulfonamides is 1. The molecule has 3 rings (SSSR count). The molecular weight excluding hydrogens is 410 g/mol. The average Bonchev–Trinajstić information content (AvgIpc) is 3.10. The van der Waals surface area contributed by atoms with E-state index in [1.165, 1.54) is 16.4 Å². The number of nitrogens with one attached hydrogen (secondary N) is 2. The van der Waals surface area contributed by atoms with Gasteiger partial charge in [-0.1, -0.05) is 0 Å². The first-order valence-corrected chi connectivity index (χ1v) is 11.1. The third kappa shape index (κ3) is 4.11. The van der Waals surface area contributed by atoms with Gasteiger partial charge in [-0.25, -0.2) is 8.42 Å². The summed E-state index contributed by atoms with van der Waals surface area (Å²) in [6, 6.07) is 4.16. The Labute approximate surface area is 173 Å². The van der Waals surface area contributed by atoms with E-state index in [1.807, 2.05) is 0 Å². The van der Waals surface area contributed by atoms with E-state index in [9.17, 15) is 23.1 Å². The Bertz CT molecular complexity index is 1240. The molecule has 0 spiro atoms. The van der Waals surface area contributed by atoms with E-state index < -0.39 is 16.0 Å². The first kappa shape index (κ1) is 22.0. The van der Waals surface area contributed by atoms with Crippen molar-refractivity contribution in [1.82, 2.24) is 14.3 Å². The van der Waals surface area contributed by atoms with Gasteiger partial charge in [-0.05, 0) is 50.5 Å². The average molecular weight is 436 g/mol. The largest absolute Gasteiger partial charge is 0.481 e. The second-order valence-corrected chi connectivity index (χ2v) is 9.30. The number of aliphatic hydroxyl groups is 1. The molecule has 0 fully saturated rings. The highest BCUT2D eigenvalue weighted by Gasteiger charge is 2.27. The molecule has 9 nitrogen and oxygen atoms in total. The molecule has 162 valence electrons. The number of aliphatic hydroxyl groups excluding tert-OH is 1. The predicted octanol–water partition coefficient (Wildman–Crippen LogP) is 1.81. The highest BCUT2D eigenvalue weighted by Crippen LogP contribution is 2.29. The molecule has 2 heterocycles. The number of nitrogens with zero attached hydrogens (tertiary/aromatic N) is 1. The van der Waals surface area contributed by atoms with Crippen molar-refractivity contribution in [2.75, 3.05) is 13.2 Å². The van der Waals surface area contributed by atoms with E-state index in [0.29, 0.717) is 34.6 Å². The number of aromatic nitrogens is 2. The predicted molar refractivity (Wildman–Crippen MR) is 113 cm³/mol. The van der Waals surface area contributed by atoms with E-state index in [-0.39, 0.29) is 36.1 Å². The fourth-order valence-corrected chi connectivity index (χ4v) is 5.31. The summed E-state index contributed by atoms with van der Waals surface area (Å²) in [5.74, 6) is -0.899. The summed E-state index contributed by atoms with van der Waals surface area (Å²) < 4.78 is 27.5. The third-order valence-electron chi connectivity index (χ3n) is 5.04. The lowest BCUT2D eigenvalue weighted by molar-refractivity contribution is -0.137. The smallest absolute Gasteiger partial charge is 0.303 e. The van der Waals surface area contributed by atoms with Gasteiger partial charge in [-0.3, -0.25) is 9.59 Å². The van der Waals surface area contributed by atoms with E-state index in [1.54, 1.807) is 26.1 Å². The number of aryl methyl sites for hydroxylation is 1. The maximum atomic E-state index is 13.2. The van der Waals surface area contributed by atoms with Crippen molar-refractivity contribution in [2.45, 2.75) is 44.0 Å². The van der Waals surface area contributed by atoms with Crippen LogP contribution in [0.4, 0.5) is 0 Å². The molecule has 0 aliphatic carbocycles. The Morgan fingerprint density at radius 2 is 2.00 bits per heavy atom. The van der Waals surface area contributed by atoms with Gasteiger partial charge >= 0.3 is 5.97 Å². The molecule has 2 aromatic heterocycles. The van der Waals surface area contributed by atoms with E-state index in [2.05, 4.69) is 9.97 Å². The number of H-pyrrole nitrogens is 2. The first-order valence-electron chi connectivity index (χ1n) is 9.67. The number of hydrogen-bond donors (Lipinski definition) is 4. The number of fused-ring (bicyclic) bond motifs is 3. The number of aromatic amines is 2. The summed E-state index contributed by atoms with van der Waals surface area (Å²) in [7, 11) is -3.86. The molecule has 30 heavy (non-hydrogen) atoms. The molecule has 0 amide bonds. The number of carboxylic acids is 1. The van der Waals surface area contributed by atoms with Gasteiger partial charge in [-0.15, -0.1) is 0 Å². The lowest BCUT2D eigenvalue weighted by Crippen LogP contribution is -2.38. The first-order chi connectivity index (χ1) is 14.2. The van der Waals surface area contributed by atoms with E-state index in [4.69, 9.17) is 5.11 Å². The standard InChI is InChI=1S/C20H25N3O6S/c1-12(2)23(8-9-24)30(28,29)14-6-7-16-15(10-14)18-13(4-3-5-17(25)26)11-21-19(18)20(27)22-16/h6-7,10-12,21,24H,3-5,8-9H2,1-2H3,(H,22,27)(H,25,26). The molecule has 10 heteroatoms. The lowest BCUT2D eigenvalue weighted by atomic mass is 10.0. The zero-order valence-corrected chi connectivity index (χ0v) is 17.6. The molecule has 0 atom stereocenters. The van der Waals surface area contributed by atoms with Gasteiger partial charge in [0.2, 0.25) is 10.0 Å². The van der Waals surface area contributed by atoms with Crippen LogP contribution in [0.1, 0.15) is 32.3 Å². The van der Waals surface area contributed by atoms with Crippen LogP contribution in [0, 0.1) is 0 Å². The van der Waals surface area contributed by atoms with Crippen molar-refractivity contribution in [3.05, 3.63) is 40.3 Å². The van der Waals surface area contributed by atoms with Crippen LogP contribution in [-0.4, -0.2) is 58.1 Å². The lowest BCUT2D eigenvalue weighted by Gasteiger charge is -2.25. The number of benzene rings is 1. The molecule has 0 aliphatic rings. The van der Waals surface area contributed by atoms with Crippen LogP contribution in [0.3, 0.4) is 0 Å². The van der Waals surface area contributed by atoms with Gasteiger partial charge in [0.05, 0.1) is 11.5 Å². The Morgan fingerprint density at radius 1 is 1.27 bits per heavy atom. The number of aliphatic carboxylic acids is 1. The Balaban J connectivity index is 2.18. The minimum absolute atomic E-state index is 0.00205. The molecule has 0 bridgehead atoms. The Hall–Kier alpha value is -2.69. The number of carboxylic acid groups (broad SMARTS) is 1. The second-order valence-electron chi connectivity index (χ2n) is 7.41. The summed E-state index contributed by atoms with van der Waals surface area (Å²) in [6.07, 6.45) is 2.49. The SMILES string of the molecule is CC(C)N(CCO)S(=O)(=O)c1ccc2[nH]c(=O)c3[nH]cc(CCCC(=O)O)c3c2c1. The maximum absolute atomic E-state index is 13.2. The van der Waals surface area contributed by atoms with Crippen LogP contribution in [0.25, 0.3) is 21.8 Å². The third-order valence-corrected chi connectivity index (χ3v) is 7.11. The molecule has 0 aliphatic heterocycles. The number of carbonyl (C=O) groups is 1. The van der Waals surface area contributed by atoms with Crippen molar-refractivity contribution in [3.8, 4) is 0 Å². The molecule has 1 aromatic carbocycles. The van der Waals surface area contributed by atoms with Crippen molar-refractivity contribution < 1.29 is 23.4 Å². The van der Waals surface area contributed by atoms with Crippen molar-refractivity contribution in [3.63, 3.8) is 0 Å². The molecule has 3 aromatic rings. The second kappa shape index (κ2) is 8.58. The van der Waals surface area contributed by atoms with Crippen LogP contribution in [0.2, 0.25) is 0 Å². The zero-order chi connectivity index (χ0) is 22.1. The Kier molecular flexibility index (Phi) is 6.30. The van der Waals surface area contributed by atoms with E-state index >= 15 is 0 Å². The number of hydrogen-bond acceptors (Lipinski definition) is 5. The van der Waals surface area contributed by atoms with E-state index in [0.717, 1.165) is 5.56 Å². The Morgan fingerprint density at radius 3 is 2.63 bits per heavy atom. The summed E-state index contributed by atoms with van der Waals surface area (Å²) in [5, 5.41) is 19.3. The number of pyridine rings is 1. The molecular formula is C20H25N3O6S. The molecule has 0 saturated heterocycles. The van der Waals surface area contributed by atoms with Crippen LogP contribution in [-0.2, 0) is 21.2 Å². The molecule has 4 N–H and O–H groups in total. The van der Waals surface area contributed by atoms with Gasteiger partial charge in [-0.2, -0.15) is 4.31 Å². The topological polar surface area (TPSA) is 144 Å². The van der Waals surface area contributed by atoms with Gasteiger partial charge in [0.1, 0.15) is 5.52 Å². The van der Waals surface area contributed by atoms with Crippen molar-refractivity contribution in [1.29, 1.82) is 0 Å². The quantitative estimate of drug-likeness (QED) is 0.404. The fourth-order valence-electron chi connectivity index (χ4n) is 3.65. The van der Waals surface area contributed by atoms with Crippen LogP contribution in [0.15, 0.2) is 34.1 Å². The van der Waals surface area contributed by atoms with Gasteiger partial charge in [0.15, 0.2) is 0 Å². The summed E-state index contributed by atoms with van der Waals surface area (Å²) in [6.45, 7) is 3.14. The maximum Gasteiger partial charge on any atom is 0.303 e. The van der Waals surface area contributed by atoms with Crippen LogP contribution in [0.5, 0.6) is 0 Å². The highest BCUT2D eigenvalue weighted by atomic mass is 32.2. The number of rotatable bonds is 9. The van der Waals surface area contributed by atoms with Gasteiger partial charge < -0.3 is 20.2 Å². The van der Waals surface area contributed by atoms with Crippen LogP contribution >= 0.6 is 0 Å². The monoisotopic (exact) mass is 435 g/mol. The fraction of sp³-hybridized carbons (Fsp3) is 0.400. The zero-order valence-electron chi connectivity index (χ0n) is 16.8. The van der Waals surface area contributed by atoms with Crippen molar-refractivity contribution in [2.24, 2.45) is 0 Å². The highest BCUT2D eigenvalue weighted by molar-refractivity contribution is 7.89. The van der Waals surface area contributed by atoms with Crippen molar-refractivity contribution >= 4 is 37.8 Å². The normalized spacial score (nSPS) is 12.4. The van der Waals surface area contributed by atoms with Gasteiger partial charge in [0, 0.05) is 41.5 Å². The molecule has 0 unspecified atom stereocenters. The minimum Gasteiger partial charge on any atom is -0.481 e. The summed E-state index contributed by atoms with van der Waals surface area (Å²) in [5.41, 5.74) is 1.23. The molecule has 0 radical (unpaired) electrons. The van der Waals surface area contributed by atoms with Crippen LogP contribution < -0.4 is 5.56 Å². The minimum atomic E-state index is -3.86. The van der Waals surface area contributed by atoms with Gasteiger partial charge in [0.25, 0.3) is 5.56 Å². The molecule has 0 saturated carbocycles. The summed E-state index contributed by atoms with van der Waals surface area (Å²) in [4.78, 5) is 29.0.